The Morgan fingerprint density at radius 1 is 1.30 bits per heavy atom. The first-order valence-corrected chi connectivity index (χ1v) is 10.2. The average Bonchev–Trinajstić information content (AvgIpc) is 2.82. The molecule has 0 bridgehead atoms. The van der Waals surface area contributed by atoms with Crippen LogP contribution in [0.25, 0.3) is 0 Å². The van der Waals surface area contributed by atoms with Crippen LogP contribution >= 0.6 is 0 Å². The van der Waals surface area contributed by atoms with Gasteiger partial charge in [-0.25, -0.2) is 4.99 Å². The molecule has 0 aromatic rings. The second kappa shape index (κ2) is 9.72. The molecule has 1 fully saturated rings. The molecule has 0 atom stereocenters. The Hall–Kier alpha value is -2.10. The van der Waals surface area contributed by atoms with E-state index < -0.39 is 0 Å². The van der Waals surface area contributed by atoms with Gasteiger partial charge in [0, 0.05) is 23.4 Å². The van der Waals surface area contributed by atoms with Crippen LogP contribution < -0.4 is 10.6 Å². The van der Waals surface area contributed by atoms with Gasteiger partial charge >= 0.3 is 0 Å². The first kappa shape index (κ1) is 21.2. The summed E-state index contributed by atoms with van der Waals surface area (Å²) < 4.78 is 0. The monoisotopic (exact) mass is 369 g/mol. The normalized spacial score (nSPS) is 19.0. The molecule has 27 heavy (non-hydrogen) atoms. The summed E-state index contributed by atoms with van der Waals surface area (Å²) in [6, 6.07) is 0.500. The molecular formula is C23H35N3O. The lowest BCUT2D eigenvalue weighted by Crippen LogP contribution is -2.43. The van der Waals surface area contributed by atoms with E-state index in [2.05, 4.69) is 42.1 Å². The Labute approximate surface area is 164 Å². The topological polar surface area (TPSA) is 53.5 Å². The molecule has 4 heteroatoms. The minimum Gasteiger partial charge on any atom is -0.368 e. The number of hydrogen-bond acceptors (Lipinski definition) is 3. The maximum Gasteiger partial charge on any atom is 0.247 e. The molecule has 1 amide bonds. The second-order valence-electron chi connectivity index (χ2n) is 8.28. The van der Waals surface area contributed by atoms with Gasteiger partial charge in [0.15, 0.2) is 0 Å². The molecule has 0 aliphatic heterocycles. The molecule has 148 valence electrons. The fraction of sp³-hybridized carbons (Fsp3) is 0.565. The summed E-state index contributed by atoms with van der Waals surface area (Å²) in [5.41, 5.74) is 2.72. The number of amides is 1. The van der Waals surface area contributed by atoms with E-state index in [1.165, 1.54) is 32.1 Å². The molecule has 0 saturated heterocycles. The number of allylic oxidation sites excluding steroid dienone is 5. The quantitative estimate of drug-likeness (QED) is 0.623. The molecule has 4 nitrogen and oxygen atoms in total. The van der Waals surface area contributed by atoms with Crippen LogP contribution in [-0.2, 0) is 4.79 Å². The second-order valence-corrected chi connectivity index (χ2v) is 8.28. The van der Waals surface area contributed by atoms with Crippen LogP contribution in [-0.4, -0.2) is 23.7 Å². The van der Waals surface area contributed by atoms with Gasteiger partial charge in [-0.3, -0.25) is 4.79 Å². The predicted octanol–water partition coefficient (Wildman–Crippen LogP) is 4.96. The number of rotatable bonds is 7. The van der Waals surface area contributed by atoms with Crippen LogP contribution in [0.5, 0.6) is 0 Å². The SMILES string of the molecule is C=C(/N=C\C1=CC=C(C(=O)NC(C)(C)CC)CC=C1C)NC1CCCCC1. The van der Waals surface area contributed by atoms with Gasteiger partial charge in [-0.1, -0.05) is 51.0 Å². The average molecular weight is 370 g/mol. The molecule has 0 radical (unpaired) electrons. The summed E-state index contributed by atoms with van der Waals surface area (Å²) in [5, 5.41) is 6.53. The third-order valence-corrected chi connectivity index (χ3v) is 5.51. The molecule has 2 N–H and O–H groups in total. The molecule has 0 spiro atoms. The fourth-order valence-corrected chi connectivity index (χ4v) is 3.23. The van der Waals surface area contributed by atoms with Crippen molar-refractivity contribution in [1.29, 1.82) is 0 Å². The van der Waals surface area contributed by atoms with Crippen molar-refractivity contribution < 1.29 is 4.79 Å². The molecular weight excluding hydrogens is 334 g/mol. The Morgan fingerprint density at radius 2 is 2.00 bits per heavy atom. The maximum absolute atomic E-state index is 12.5. The van der Waals surface area contributed by atoms with E-state index in [0.717, 1.165) is 23.1 Å². The van der Waals surface area contributed by atoms with Gasteiger partial charge in [-0.2, -0.15) is 0 Å². The van der Waals surface area contributed by atoms with E-state index in [1.54, 1.807) is 0 Å². The van der Waals surface area contributed by atoms with Crippen molar-refractivity contribution in [2.45, 2.75) is 84.2 Å². The first-order valence-electron chi connectivity index (χ1n) is 10.2. The summed E-state index contributed by atoms with van der Waals surface area (Å²) in [4.78, 5) is 17.0. The van der Waals surface area contributed by atoms with E-state index >= 15 is 0 Å². The molecule has 0 heterocycles. The molecule has 0 unspecified atom stereocenters. The van der Waals surface area contributed by atoms with Crippen LogP contribution in [0.1, 0.15) is 72.6 Å². The van der Waals surface area contributed by atoms with Gasteiger partial charge in [0.1, 0.15) is 5.82 Å². The third-order valence-electron chi connectivity index (χ3n) is 5.51. The third kappa shape index (κ3) is 6.85. The molecule has 1 saturated carbocycles. The van der Waals surface area contributed by atoms with Crippen LogP contribution in [0.3, 0.4) is 0 Å². The van der Waals surface area contributed by atoms with E-state index in [9.17, 15) is 4.79 Å². The minimum absolute atomic E-state index is 0.00344. The predicted molar refractivity (Wildman–Crippen MR) is 115 cm³/mol. The lowest BCUT2D eigenvalue weighted by molar-refractivity contribution is -0.119. The molecule has 0 aromatic carbocycles. The van der Waals surface area contributed by atoms with Gasteiger partial charge in [0.25, 0.3) is 0 Å². The van der Waals surface area contributed by atoms with Crippen molar-refractivity contribution in [1.82, 2.24) is 10.6 Å². The summed E-state index contributed by atoms with van der Waals surface area (Å²) >= 11 is 0. The Balaban J connectivity index is 2.01. The molecule has 2 aliphatic carbocycles. The van der Waals surface area contributed by atoms with Gasteiger partial charge in [-0.05, 0) is 57.6 Å². The fourth-order valence-electron chi connectivity index (χ4n) is 3.23. The van der Waals surface area contributed by atoms with Crippen molar-refractivity contribution in [3.8, 4) is 0 Å². The molecule has 2 rings (SSSR count). The van der Waals surface area contributed by atoms with Crippen LogP contribution in [0.4, 0.5) is 0 Å². The van der Waals surface area contributed by atoms with Gasteiger partial charge < -0.3 is 10.6 Å². The number of aliphatic imine (C=N–C) groups is 1. The van der Waals surface area contributed by atoms with Crippen molar-refractivity contribution in [3.05, 3.63) is 47.3 Å². The van der Waals surface area contributed by atoms with Gasteiger partial charge in [0.2, 0.25) is 5.91 Å². The standard InChI is InChI=1S/C23H35N3O/c1-6-23(4,5)26-22(27)19-13-12-17(2)20(15-14-19)16-24-18(3)25-21-10-8-7-9-11-21/h12,14-16,21,25H,3,6-11,13H2,1-2,4-5H3,(H,26,27)/b24-16-. The largest absolute Gasteiger partial charge is 0.368 e. The van der Waals surface area contributed by atoms with Crippen molar-refractivity contribution in [2.24, 2.45) is 4.99 Å². The molecule has 2 aliphatic rings. The zero-order valence-electron chi connectivity index (χ0n) is 17.4. The zero-order chi connectivity index (χ0) is 19.9. The highest BCUT2D eigenvalue weighted by atomic mass is 16.1. The lowest BCUT2D eigenvalue weighted by atomic mass is 9.96. The van der Waals surface area contributed by atoms with E-state index in [1.807, 2.05) is 32.2 Å². The Morgan fingerprint density at radius 3 is 2.67 bits per heavy atom. The number of carbonyl (C=O) groups excluding carboxylic acids is 1. The van der Waals surface area contributed by atoms with E-state index in [0.29, 0.717) is 18.3 Å². The zero-order valence-corrected chi connectivity index (χ0v) is 17.4. The summed E-state index contributed by atoms with van der Waals surface area (Å²) in [7, 11) is 0. The van der Waals surface area contributed by atoms with Crippen LogP contribution in [0.15, 0.2) is 52.3 Å². The van der Waals surface area contributed by atoms with E-state index in [-0.39, 0.29) is 11.4 Å². The Bertz CT molecular complexity index is 674. The van der Waals surface area contributed by atoms with Gasteiger partial charge in [0.05, 0.1) is 0 Å². The Kier molecular flexibility index (Phi) is 7.64. The number of nitrogens with one attached hydrogen (secondary N) is 2. The highest BCUT2D eigenvalue weighted by Gasteiger charge is 2.20. The lowest BCUT2D eigenvalue weighted by Gasteiger charge is -2.25. The highest BCUT2D eigenvalue weighted by molar-refractivity contribution is 5.95. The molecule has 0 aromatic heterocycles. The van der Waals surface area contributed by atoms with Crippen molar-refractivity contribution in [2.75, 3.05) is 0 Å². The number of hydrogen-bond donors (Lipinski definition) is 2. The maximum atomic E-state index is 12.5. The summed E-state index contributed by atoms with van der Waals surface area (Å²) in [6.07, 6.45) is 15.6. The minimum atomic E-state index is -0.195. The van der Waals surface area contributed by atoms with Gasteiger partial charge in [-0.15, -0.1) is 0 Å². The van der Waals surface area contributed by atoms with E-state index in [4.69, 9.17) is 0 Å². The first-order chi connectivity index (χ1) is 12.8. The highest BCUT2D eigenvalue weighted by Crippen LogP contribution is 2.20. The smallest absolute Gasteiger partial charge is 0.247 e. The van der Waals surface area contributed by atoms with Crippen LogP contribution in [0.2, 0.25) is 0 Å². The van der Waals surface area contributed by atoms with Crippen molar-refractivity contribution in [3.63, 3.8) is 0 Å². The van der Waals surface area contributed by atoms with Crippen molar-refractivity contribution >= 4 is 12.1 Å². The summed E-state index contributed by atoms with van der Waals surface area (Å²) in [6.45, 7) is 12.3. The number of carbonyl (C=O) groups is 1. The summed E-state index contributed by atoms with van der Waals surface area (Å²) in [5.74, 6) is 0.718. The number of nitrogens with zero attached hydrogens (tertiary/aromatic N) is 1. The van der Waals surface area contributed by atoms with Crippen LogP contribution in [0, 0.1) is 0 Å².